The molecular formula is C11H3F4N5O5. The van der Waals surface area contributed by atoms with Crippen LogP contribution in [0, 0.1) is 15.9 Å². The predicted molar refractivity (Wildman–Crippen MR) is 67.0 cm³/mol. The van der Waals surface area contributed by atoms with Gasteiger partial charge in [-0.1, -0.05) is 5.16 Å². The first-order chi connectivity index (χ1) is 11.7. The number of hydrogen-bond acceptors (Lipinski definition) is 8. The SMILES string of the molecule is O=c1onc(-c2nonc2[N+](=O)[O-])n1-c1ccc(F)c(C(F)(F)F)c1. The Balaban J connectivity index is 2.24. The van der Waals surface area contributed by atoms with E-state index in [4.69, 9.17) is 0 Å². The lowest BCUT2D eigenvalue weighted by atomic mass is 10.1. The van der Waals surface area contributed by atoms with E-state index in [1.54, 1.807) is 0 Å². The van der Waals surface area contributed by atoms with E-state index >= 15 is 0 Å². The second-order valence-corrected chi connectivity index (χ2v) is 4.46. The van der Waals surface area contributed by atoms with Crippen LogP contribution in [0.25, 0.3) is 17.2 Å². The quantitative estimate of drug-likeness (QED) is 0.393. The molecular weight excluding hydrogens is 358 g/mol. The van der Waals surface area contributed by atoms with Crippen LogP contribution in [-0.2, 0) is 6.18 Å². The molecule has 10 nitrogen and oxygen atoms in total. The normalized spacial score (nSPS) is 11.7. The van der Waals surface area contributed by atoms with Crippen LogP contribution in [0.4, 0.5) is 23.4 Å². The number of nitrogens with zero attached hydrogens (tertiary/aromatic N) is 5. The average molecular weight is 361 g/mol. The third-order valence-corrected chi connectivity index (χ3v) is 2.97. The molecule has 0 N–H and O–H groups in total. The summed E-state index contributed by atoms with van der Waals surface area (Å²) in [4.78, 5) is 21.6. The van der Waals surface area contributed by atoms with E-state index in [0.29, 0.717) is 16.7 Å². The van der Waals surface area contributed by atoms with Crippen LogP contribution in [0.1, 0.15) is 5.56 Å². The number of hydrogen-bond donors (Lipinski definition) is 0. The highest BCUT2D eigenvalue weighted by Crippen LogP contribution is 2.33. The largest absolute Gasteiger partial charge is 0.446 e. The van der Waals surface area contributed by atoms with Crippen LogP contribution in [0.15, 0.2) is 32.1 Å². The first-order valence-electron chi connectivity index (χ1n) is 6.13. The average Bonchev–Trinajstić information content (AvgIpc) is 3.13. The zero-order chi connectivity index (χ0) is 18.4. The standard InChI is InChI=1S/C11H3F4N5O5/c12-6-2-1-4(3-5(6)11(13,14)15)19-8(17-24-10(19)21)7-9(20(22)23)18-25-16-7/h1-3H. The van der Waals surface area contributed by atoms with Gasteiger partial charge in [-0.3, -0.25) is 4.52 Å². The third-order valence-electron chi connectivity index (χ3n) is 2.97. The van der Waals surface area contributed by atoms with Crippen LogP contribution in [0.5, 0.6) is 0 Å². The molecule has 2 aromatic heterocycles. The van der Waals surface area contributed by atoms with E-state index in [1.807, 2.05) is 0 Å². The summed E-state index contributed by atoms with van der Waals surface area (Å²) in [6.07, 6.45) is -5.04. The molecule has 3 rings (SSSR count). The van der Waals surface area contributed by atoms with Crippen LogP contribution in [0.2, 0.25) is 0 Å². The van der Waals surface area contributed by atoms with Gasteiger partial charge in [-0.2, -0.15) is 13.2 Å². The van der Waals surface area contributed by atoms with Gasteiger partial charge in [0.15, 0.2) is 5.16 Å². The Morgan fingerprint density at radius 1 is 1.20 bits per heavy atom. The second-order valence-electron chi connectivity index (χ2n) is 4.46. The highest BCUT2D eigenvalue weighted by molar-refractivity contribution is 5.61. The van der Waals surface area contributed by atoms with Crippen molar-refractivity contribution in [1.29, 1.82) is 0 Å². The Morgan fingerprint density at radius 2 is 1.92 bits per heavy atom. The molecule has 0 saturated carbocycles. The predicted octanol–water partition coefficient (Wildman–Crippen LogP) is 1.94. The molecule has 3 aromatic rings. The fourth-order valence-electron chi connectivity index (χ4n) is 1.94. The van der Waals surface area contributed by atoms with Crippen molar-refractivity contribution in [3.05, 3.63) is 50.2 Å². The molecule has 0 aliphatic rings. The van der Waals surface area contributed by atoms with Crippen LogP contribution >= 0.6 is 0 Å². The summed E-state index contributed by atoms with van der Waals surface area (Å²) >= 11 is 0. The topological polar surface area (TPSA) is 130 Å². The molecule has 0 spiro atoms. The third kappa shape index (κ3) is 2.73. The molecule has 25 heavy (non-hydrogen) atoms. The van der Waals surface area contributed by atoms with E-state index in [1.165, 1.54) is 0 Å². The molecule has 1 aromatic carbocycles. The number of halogens is 4. The summed E-state index contributed by atoms with van der Waals surface area (Å²) < 4.78 is 60.8. The minimum Gasteiger partial charge on any atom is -0.358 e. The van der Waals surface area contributed by atoms with Gasteiger partial charge >= 0.3 is 17.8 Å². The minimum atomic E-state index is -5.04. The van der Waals surface area contributed by atoms with Crippen molar-refractivity contribution in [2.75, 3.05) is 0 Å². The van der Waals surface area contributed by atoms with Gasteiger partial charge in [0.1, 0.15) is 5.82 Å². The first-order valence-corrected chi connectivity index (χ1v) is 6.13. The number of aromatic nitrogens is 4. The van der Waals surface area contributed by atoms with Gasteiger partial charge < -0.3 is 10.1 Å². The zero-order valence-electron chi connectivity index (χ0n) is 11.5. The first kappa shape index (κ1) is 16.3. The Kier molecular flexibility index (Phi) is 3.58. The lowest BCUT2D eigenvalue weighted by Crippen LogP contribution is -2.16. The summed E-state index contributed by atoms with van der Waals surface area (Å²) in [5, 5.41) is 20.2. The molecule has 0 unspecified atom stereocenters. The minimum absolute atomic E-state index is 0.316. The van der Waals surface area contributed by atoms with Crippen LogP contribution < -0.4 is 5.76 Å². The van der Waals surface area contributed by atoms with Crippen molar-refractivity contribution in [2.24, 2.45) is 0 Å². The molecule has 0 radical (unpaired) electrons. The molecule has 0 amide bonds. The highest BCUT2D eigenvalue weighted by atomic mass is 19.4. The van der Waals surface area contributed by atoms with Gasteiger partial charge in [0.25, 0.3) is 5.69 Å². The van der Waals surface area contributed by atoms with Crippen molar-refractivity contribution in [2.45, 2.75) is 6.18 Å². The summed E-state index contributed by atoms with van der Waals surface area (Å²) in [5.74, 6) is -4.44. The summed E-state index contributed by atoms with van der Waals surface area (Å²) in [7, 11) is 0. The fraction of sp³-hybridized carbons (Fsp3) is 0.0909. The number of nitro groups is 1. The number of alkyl halides is 3. The van der Waals surface area contributed by atoms with Crippen molar-refractivity contribution in [1.82, 2.24) is 20.0 Å². The van der Waals surface area contributed by atoms with Gasteiger partial charge in [-0.05, 0) is 28.3 Å². The summed E-state index contributed by atoms with van der Waals surface area (Å²) in [6.45, 7) is 0. The maximum Gasteiger partial charge on any atom is 0.446 e. The molecule has 130 valence electrons. The maximum absolute atomic E-state index is 13.4. The molecule has 0 atom stereocenters. The van der Waals surface area contributed by atoms with E-state index in [-0.39, 0.29) is 0 Å². The molecule has 0 aliphatic carbocycles. The van der Waals surface area contributed by atoms with Crippen molar-refractivity contribution in [3.63, 3.8) is 0 Å². The van der Waals surface area contributed by atoms with E-state index in [9.17, 15) is 32.5 Å². The van der Waals surface area contributed by atoms with E-state index < -0.39 is 51.3 Å². The Bertz CT molecular complexity index is 1020. The lowest BCUT2D eigenvalue weighted by Gasteiger charge is -2.10. The Labute approximate surface area is 132 Å². The van der Waals surface area contributed by atoms with Crippen LogP contribution in [0.3, 0.4) is 0 Å². The van der Waals surface area contributed by atoms with Crippen LogP contribution in [-0.4, -0.2) is 25.0 Å². The van der Waals surface area contributed by atoms with Crippen molar-refractivity contribution >= 4 is 5.82 Å². The van der Waals surface area contributed by atoms with Gasteiger partial charge in [0.05, 0.1) is 11.3 Å². The molecule has 14 heteroatoms. The fourth-order valence-corrected chi connectivity index (χ4v) is 1.94. The smallest absolute Gasteiger partial charge is 0.358 e. The van der Waals surface area contributed by atoms with Crippen molar-refractivity contribution < 1.29 is 31.6 Å². The summed E-state index contributed by atoms with van der Waals surface area (Å²) in [6, 6.07) is 1.61. The van der Waals surface area contributed by atoms with Gasteiger partial charge in [-0.25, -0.2) is 13.8 Å². The Hall–Kier alpha value is -3.58. The molecule has 2 heterocycles. The zero-order valence-corrected chi connectivity index (χ0v) is 11.5. The maximum atomic E-state index is 13.4. The number of rotatable bonds is 3. The lowest BCUT2D eigenvalue weighted by molar-refractivity contribution is -0.390. The molecule has 0 saturated heterocycles. The monoisotopic (exact) mass is 361 g/mol. The highest BCUT2D eigenvalue weighted by Gasteiger charge is 2.35. The van der Waals surface area contributed by atoms with E-state index in [2.05, 4.69) is 24.6 Å². The van der Waals surface area contributed by atoms with Gasteiger partial charge in [-0.15, -0.1) is 4.63 Å². The van der Waals surface area contributed by atoms with Gasteiger partial charge in [0, 0.05) is 0 Å². The van der Waals surface area contributed by atoms with Crippen molar-refractivity contribution in [3.8, 4) is 17.2 Å². The molecule has 0 aliphatic heterocycles. The van der Waals surface area contributed by atoms with E-state index in [0.717, 1.165) is 6.07 Å². The summed E-state index contributed by atoms with van der Waals surface area (Å²) in [5.41, 5.74) is -2.82. The second kappa shape index (κ2) is 5.50. The Morgan fingerprint density at radius 3 is 2.56 bits per heavy atom. The van der Waals surface area contributed by atoms with Gasteiger partial charge in [0.2, 0.25) is 5.82 Å². The number of benzene rings is 1. The molecule has 0 bridgehead atoms. The molecule has 0 fully saturated rings.